The maximum Gasteiger partial charge on any atom is 0.227 e. The topological polar surface area (TPSA) is 47.6 Å². The van der Waals surface area contributed by atoms with Gasteiger partial charge in [0.05, 0.1) is 13.2 Å². The molecule has 0 atom stereocenters. The summed E-state index contributed by atoms with van der Waals surface area (Å²) in [6.07, 6.45) is 5.57. The number of rotatable bonds is 6. The molecule has 4 heteroatoms. The molecular formula is C18H27NO3. The molecule has 1 amide bonds. The van der Waals surface area contributed by atoms with E-state index < -0.39 is 0 Å². The average molecular weight is 305 g/mol. The molecule has 0 aromatic heterocycles. The van der Waals surface area contributed by atoms with Crippen LogP contribution in [-0.4, -0.2) is 19.1 Å². The van der Waals surface area contributed by atoms with Gasteiger partial charge < -0.3 is 14.8 Å². The summed E-state index contributed by atoms with van der Waals surface area (Å²) in [4.78, 5) is 12.4. The van der Waals surface area contributed by atoms with Crippen molar-refractivity contribution in [1.29, 1.82) is 0 Å². The van der Waals surface area contributed by atoms with Crippen molar-refractivity contribution >= 4 is 11.6 Å². The molecule has 0 saturated heterocycles. The van der Waals surface area contributed by atoms with Gasteiger partial charge in [0.1, 0.15) is 0 Å². The van der Waals surface area contributed by atoms with Crippen molar-refractivity contribution in [3.63, 3.8) is 0 Å². The van der Waals surface area contributed by atoms with Gasteiger partial charge in [-0.1, -0.05) is 19.3 Å². The number of anilines is 1. The van der Waals surface area contributed by atoms with Crippen molar-refractivity contribution < 1.29 is 14.3 Å². The smallest absolute Gasteiger partial charge is 0.227 e. The molecule has 1 aromatic carbocycles. The summed E-state index contributed by atoms with van der Waals surface area (Å²) in [5, 5.41) is 3.05. The van der Waals surface area contributed by atoms with Crippen LogP contribution < -0.4 is 14.8 Å². The largest absolute Gasteiger partial charge is 0.490 e. The molecule has 1 aromatic rings. The van der Waals surface area contributed by atoms with Gasteiger partial charge in [0, 0.05) is 17.7 Å². The van der Waals surface area contributed by atoms with Crippen LogP contribution >= 0.6 is 0 Å². The number of nitrogens with one attached hydrogen (secondary N) is 1. The molecule has 0 heterocycles. The van der Waals surface area contributed by atoms with Gasteiger partial charge in [-0.3, -0.25) is 4.79 Å². The number of benzene rings is 1. The molecule has 0 radical (unpaired) electrons. The maximum absolute atomic E-state index is 12.4. The first-order valence-corrected chi connectivity index (χ1v) is 8.36. The molecule has 1 aliphatic carbocycles. The highest BCUT2D eigenvalue weighted by atomic mass is 16.5. The highest BCUT2D eigenvalue weighted by Gasteiger charge is 2.21. The van der Waals surface area contributed by atoms with Crippen molar-refractivity contribution in [2.24, 2.45) is 5.92 Å². The van der Waals surface area contributed by atoms with Crippen molar-refractivity contribution in [1.82, 2.24) is 0 Å². The third-order valence-corrected chi connectivity index (χ3v) is 4.07. The van der Waals surface area contributed by atoms with E-state index in [-0.39, 0.29) is 11.8 Å². The predicted molar refractivity (Wildman–Crippen MR) is 88.7 cm³/mol. The zero-order chi connectivity index (χ0) is 15.9. The van der Waals surface area contributed by atoms with Gasteiger partial charge in [-0.15, -0.1) is 0 Å². The second-order valence-corrected chi connectivity index (χ2v) is 5.81. The Morgan fingerprint density at radius 3 is 2.45 bits per heavy atom. The molecule has 1 N–H and O–H groups in total. The number of hydrogen-bond acceptors (Lipinski definition) is 3. The summed E-state index contributed by atoms with van der Waals surface area (Å²) < 4.78 is 11.3. The van der Waals surface area contributed by atoms with Crippen molar-refractivity contribution in [2.45, 2.75) is 52.9 Å². The molecule has 2 rings (SSSR count). The monoisotopic (exact) mass is 305 g/mol. The fourth-order valence-corrected chi connectivity index (χ4v) is 3.01. The molecule has 0 unspecified atom stereocenters. The molecule has 1 fully saturated rings. The van der Waals surface area contributed by atoms with Crippen LogP contribution in [-0.2, 0) is 4.79 Å². The summed E-state index contributed by atoms with van der Waals surface area (Å²) in [5.74, 6) is 1.74. The SMILES string of the molecule is CCOc1cc(NC(=O)C2CCCCC2)cc(C)c1OCC. The lowest BCUT2D eigenvalue weighted by Gasteiger charge is -2.21. The van der Waals surface area contributed by atoms with E-state index in [0.29, 0.717) is 19.0 Å². The Morgan fingerprint density at radius 1 is 1.14 bits per heavy atom. The fourth-order valence-electron chi connectivity index (χ4n) is 3.01. The van der Waals surface area contributed by atoms with E-state index in [1.165, 1.54) is 6.42 Å². The summed E-state index contributed by atoms with van der Waals surface area (Å²) in [6, 6.07) is 3.82. The number of amides is 1. The lowest BCUT2D eigenvalue weighted by molar-refractivity contribution is -0.120. The zero-order valence-electron chi connectivity index (χ0n) is 13.9. The minimum atomic E-state index is 0.130. The molecule has 1 saturated carbocycles. The van der Waals surface area contributed by atoms with Crippen molar-refractivity contribution in [2.75, 3.05) is 18.5 Å². The zero-order valence-corrected chi connectivity index (χ0v) is 13.9. The molecule has 22 heavy (non-hydrogen) atoms. The number of hydrogen-bond donors (Lipinski definition) is 1. The third kappa shape index (κ3) is 4.15. The minimum absolute atomic E-state index is 0.130. The Balaban J connectivity index is 2.14. The van der Waals surface area contributed by atoms with Crippen molar-refractivity contribution in [3.05, 3.63) is 17.7 Å². The number of carbonyl (C=O) groups excluding carboxylic acids is 1. The number of carbonyl (C=O) groups is 1. The van der Waals surface area contributed by atoms with Crippen LogP contribution in [0.2, 0.25) is 0 Å². The quantitative estimate of drug-likeness (QED) is 0.852. The van der Waals surface area contributed by atoms with E-state index in [1.807, 2.05) is 32.9 Å². The Labute approximate surface area is 133 Å². The fraction of sp³-hybridized carbons (Fsp3) is 0.611. The third-order valence-electron chi connectivity index (χ3n) is 4.07. The van der Waals surface area contributed by atoms with Crippen LogP contribution in [0.4, 0.5) is 5.69 Å². The van der Waals surface area contributed by atoms with Crippen LogP contribution in [0.3, 0.4) is 0 Å². The van der Waals surface area contributed by atoms with E-state index >= 15 is 0 Å². The number of aryl methyl sites for hydroxylation is 1. The summed E-state index contributed by atoms with van der Waals surface area (Å²) in [7, 11) is 0. The highest BCUT2D eigenvalue weighted by Crippen LogP contribution is 2.35. The number of ether oxygens (including phenoxy) is 2. The molecule has 0 spiro atoms. The maximum atomic E-state index is 12.4. The Hall–Kier alpha value is -1.71. The van der Waals surface area contributed by atoms with Gasteiger partial charge >= 0.3 is 0 Å². The lowest BCUT2D eigenvalue weighted by Crippen LogP contribution is -2.24. The molecule has 4 nitrogen and oxygen atoms in total. The Bertz CT molecular complexity index is 507. The molecule has 0 bridgehead atoms. The minimum Gasteiger partial charge on any atom is -0.490 e. The van der Waals surface area contributed by atoms with E-state index in [0.717, 1.165) is 42.7 Å². The van der Waals surface area contributed by atoms with E-state index in [9.17, 15) is 4.79 Å². The predicted octanol–water partition coefficient (Wildman–Crippen LogP) is 4.31. The van der Waals surface area contributed by atoms with E-state index in [2.05, 4.69) is 5.32 Å². The van der Waals surface area contributed by atoms with Gasteiger partial charge in [-0.05, 0) is 45.2 Å². The van der Waals surface area contributed by atoms with Gasteiger partial charge in [-0.2, -0.15) is 0 Å². The first-order chi connectivity index (χ1) is 10.7. The first-order valence-electron chi connectivity index (χ1n) is 8.36. The molecular weight excluding hydrogens is 278 g/mol. The Morgan fingerprint density at radius 2 is 1.82 bits per heavy atom. The second-order valence-electron chi connectivity index (χ2n) is 5.81. The van der Waals surface area contributed by atoms with Crippen LogP contribution in [0.5, 0.6) is 11.5 Å². The van der Waals surface area contributed by atoms with Gasteiger partial charge in [0.25, 0.3) is 0 Å². The van der Waals surface area contributed by atoms with E-state index in [4.69, 9.17) is 9.47 Å². The summed E-state index contributed by atoms with van der Waals surface area (Å²) in [5.41, 5.74) is 1.77. The second kappa shape index (κ2) is 8.06. The van der Waals surface area contributed by atoms with Gasteiger partial charge in [-0.25, -0.2) is 0 Å². The highest BCUT2D eigenvalue weighted by molar-refractivity contribution is 5.93. The standard InChI is InChI=1S/C18H27NO3/c1-4-21-16-12-15(11-13(3)17(16)22-5-2)19-18(20)14-9-7-6-8-10-14/h11-12,14H,4-10H2,1-3H3,(H,19,20). The summed E-state index contributed by atoms with van der Waals surface area (Å²) in [6.45, 7) is 7.03. The molecule has 122 valence electrons. The van der Waals surface area contributed by atoms with Crippen LogP contribution in [0.1, 0.15) is 51.5 Å². The van der Waals surface area contributed by atoms with E-state index in [1.54, 1.807) is 0 Å². The molecule has 1 aliphatic rings. The lowest BCUT2D eigenvalue weighted by atomic mass is 9.88. The van der Waals surface area contributed by atoms with Crippen LogP contribution in [0.15, 0.2) is 12.1 Å². The molecule has 0 aliphatic heterocycles. The summed E-state index contributed by atoms with van der Waals surface area (Å²) >= 11 is 0. The Kier molecular flexibility index (Phi) is 6.10. The van der Waals surface area contributed by atoms with Crippen molar-refractivity contribution in [3.8, 4) is 11.5 Å². The van der Waals surface area contributed by atoms with Crippen LogP contribution in [0.25, 0.3) is 0 Å². The van der Waals surface area contributed by atoms with Gasteiger partial charge in [0.15, 0.2) is 11.5 Å². The normalized spacial score (nSPS) is 15.4. The average Bonchev–Trinajstić information content (AvgIpc) is 2.52. The van der Waals surface area contributed by atoms with Crippen LogP contribution in [0, 0.1) is 12.8 Å². The van der Waals surface area contributed by atoms with Gasteiger partial charge in [0.2, 0.25) is 5.91 Å². The first kappa shape index (κ1) is 16.7.